The van der Waals surface area contributed by atoms with Crippen LogP contribution in [0.5, 0.6) is 11.5 Å². The highest BCUT2D eigenvalue weighted by Crippen LogP contribution is 2.32. The Morgan fingerprint density at radius 3 is 2.70 bits per heavy atom. The molecule has 0 amide bonds. The van der Waals surface area contributed by atoms with E-state index in [2.05, 4.69) is 0 Å². The van der Waals surface area contributed by atoms with Crippen molar-refractivity contribution in [1.29, 1.82) is 0 Å². The summed E-state index contributed by atoms with van der Waals surface area (Å²) < 4.78 is 37.6. The quantitative estimate of drug-likeness (QED) is 0.784. The molecule has 0 spiro atoms. The summed E-state index contributed by atoms with van der Waals surface area (Å²) in [6, 6.07) is 4.64. The van der Waals surface area contributed by atoms with Crippen molar-refractivity contribution < 1.29 is 17.9 Å². The molecule has 0 saturated carbocycles. The van der Waals surface area contributed by atoms with Crippen molar-refractivity contribution in [1.82, 2.24) is 4.31 Å². The summed E-state index contributed by atoms with van der Waals surface area (Å²) in [7, 11) is -2.06. The summed E-state index contributed by atoms with van der Waals surface area (Å²) in [5.74, 6) is 0.889. The molecule has 0 bridgehead atoms. The largest absolute Gasteiger partial charge is 0.497 e. The third-order valence-electron chi connectivity index (χ3n) is 3.10. The van der Waals surface area contributed by atoms with E-state index in [0.717, 1.165) is 0 Å². The van der Waals surface area contributed by atoms with E-state index in [1.54, 1.807) is 18.2 Å². The SMILES string of the molecule is COc1ccc2c(c1)OC/C=C\CN(C(C)C)S2(=O)=O. The van der Waals surface area contributed by atoms with E-state index in [9.17, 15) is 8.42 Å². The molecule has 1 aliphatic heterocycles. The Bertz CT molecular complexity index is 608. The van der Waals surface area contributed by atoms with Crippen LogP contribution in [0.3, 0.4) is 0 Å². The second kappa shape index (κ2) is 5.85. The van der Waals surface area contributed by atoms with Gasteiger partial charge in [-0.2, -0.15) is 4.31 Å². The van der Waals surface area contributed by atoms with Gasteiger partial charge in [0.2, 0.25) is 10.0 Å². The Kier molecular flexibility index (Phi) is 4.35. The van der Waals surface area contributed by atoms with E-state index < -0.39 is 10.0 Å². The van der Waals surface area contributed by atoms with Crippen molar-refractivity contribution in [2.45, 2.75) is 24.8 Å². The van der Waals surface area contributed by atoms with Crippen molar-refractivity contribution in [2.24, 2.45) is 0 Å². The molecule has 110 valence electrons. The minimum Gasteiger partial charge on any atom is -0.497 e. The number of nitrogens with zero attached hydrogens (tertiary/aromatic N) is 1. The van der Waals surface area contributed by atoms with Crippen LogP contribution in [0, 0.1) is 0 Å². The van der Waals surface area contributed by atoms with E-state index in [0.29, 0.717) is 24.7 Å². The molecule has 5 nitrogen and oxygen atoms in total. The maximum absolute atomic E-state index is 12.7. The Hall–Kier alpha value is -1.53. The fourth-order valence-corrected chi connectivity index (χ4v) is 3.74. The number of ether oxygens (including phenoxy) is 2. The lowest BCUT2D eigenvalue weighted by Crippen LogP contribution is -2.37. The summed E-state index contributed by atoms with van der Waals surface area (Å²) >= 11 is 0. The van der Waals surface area contributed by atoms with Crippen LogP contribution in [-0.2, 0) is 10.0 Å². The normalized spacial score (nSPS) is 20.2. The molecular formula is C14H19NO4S. The first-order chi connectivity index (χ1) is 9.46. The van der Waals surface area contributed by atoms with E-state index in [1.165, 1.54) is 17.5 Å². The van der Waals surface area contributed by atoms with Gasteiger partial charge in [-0.05, 0) is 26.0 Å². The third kappa shape index (κ3) is 2.81. The smallest absolute Gasteiger partial charge is 0.247 e. The summed E-state index contributed by atoms with van der Waals surface area (Å²) in [6.07, 6.45) is 3.63. The highest BCUT2D eigenvalue weighted by molar-refractivity contribution is 7.89. The predicted octanol–water partition coefficient (Wildman–Crippen LogP) is 2.04. The van der Waals surface area contributed by atoms with Crippen LogP contribution in [0.25, 0.3) is 0 Å². The zero-order valence-electron chi connectivity index (χ0n) is 11.9. The molecule has 1 aromatic carbocycles. The molecule has 0 unspecified atom stereocenters. The van der Waals surface area contributed by atoms with Crippen LogP contribution >= 0.6 is 0 Å². The first-order valence-electron chi connectivity index (χ1n) is 6.44. The lowest BCUT2D eigenvalue weighted by atomic mass is 10.3. The van der Waals surface area contributed by atoms with Gasteiger partial charge in [-0.3, -0.25) is 0 Å². The summed E-state index contributed by atoms with van der Waals surface area (Å²) in [5, 5.41) is 0. The van der Waals surface area contributed by atoms with Gasteiger partial charge in [0.25, 0.3) is 0 Å². The molecule has 1 heterocycles. The lowest BCUT2D eigenvalue weighted by Gasteiger charge is -2.25. The maximum atomic E-state index is 12.7. The minimum absolute atomic E-state index is 0.127. The molecule has 0 atom stereocenters. The Balaban J connectivity index is 2.58. The van der Waals surface area contributed by atoms with E-state index in [1.807, 2.05) is 19.9 Å². The summed E-state index contributed by atoms with van der Waals surface area (Å²) in [4.78, 5) is 0.177. The van der Waals surface area contributed by atoms with Crippen LogP contribution in [0.2, 0.25) is 0 Å². The molecular weight excluding hydrogens is 278 g/mol. The molecule has 0 N–H and O–H groups in total. The average molecular weight is 297 g/mol. The second-order valence-electron chi connectivity index (χ2n) is 4.76. The lowest BCUT2D eigenvalue weighted by molar-refractivity contribution is 0.346. The molecule has 0 aliphatic carbocycles. The van der Waals surface area contributed by atoms with Crippen LogP contribution in [0.1, 0.15) is 13.8 Å². The number of hydrogen-bond donors (Lipinski definition) is 0. The average Bonchev–Trinajstić information content (AvgIpc) is 2.46. The molecule has 0 radical (unpaired) electrons. The Labute approximate surface area is 119 Å². The van der Waals surface area contributed by atoms with Gasteiger partial charge < -0.3 is 9.47 Å². The van der Waals surface area contributed by atoms with Gasteiger partial charge in [0.05, 0.1) is 7.11 Å². The van der Waals surface area contributed by atoms with Crippen molar-refractivity contribution in [3.05, 3.63) is 30.4 Å². The highest BCUT2D eigenvalue weighted by Gasteiger charge is 2.30. The molecule has 1 aliphatic rings. The standard InChI is InChI=1S/C14H19NO4S/c1-11(2)15-8-4-5-9-19-13-10-12(18-3)6-7-14(13)20(15,16)17/h4-7,10-11H,8-9H2,1-3H3/b5-4-. The minimum atomic E-state index is -3.59. The van der Waals surface area contributed by atoms with Gasteiger partial charge in [-0.25, -0.2) is 8.42 Å². The topological polar surface area (TPSA) is 55.8 Å². The van der Waals surface area contributed by atoms with Crippen molar-refractivity contribution in [3.63, 3.8) is 0 Å². The predicted molar refractivity (Wildman–Crippen MR) is 76.7 cm³/mol. The Morgan fingerprint density at radius 1 is 1.30 bits per heavy atom. The number of methoxy groups -OCH3 is 1. The van der Waals surface area contributed by atoms with E-state index >= 15 is 0 Å². The zero-order valence-corrected chi connectivity index (χ0v) is 12.7. The third-order valence-corrected chi connectivity index (χ3v) is 5.18. The van der Waals surface area contributed by atoms with E-state index in [-0.39, 0.29) is 10.9 Å². The number of benzene rings is 1. The first-order valence-corrected chi connectivity index (χ1v) is 7.88. The zero-order chi connectivity index (χ0) is 14.8. The van der Waals surface area contributed by atoms with Gasteiger partial charge >= 0.3 is 0 Å². The van der Waals surface area contributed by atoms with Crippen molar-refractivity contribution >= 4 is 10.0 Å². The van der Waals surface area contributed by atoms with Crippen molar-refractivity contribution in [2.75, 3.05) is 20.3 Å². The molecule has 0 aromatic heterocycles. The molecule has 2 rings (SSSR count). The molecule has 0 saturated heterocycles. The highest BCUT2D eigenvalue weighted by atomic mass is 32.2. The maximum Gasteiger partial charge on any atom is 0.247 e. The van der Waals surface area contributed by atoms with Gasteiger partial charge in [0.1, 0.15) is 23.0 Å². The second-order valence-corrected chi connectivity index (χ2v) is 6.62. The van der Waals surface area contributed by atoms with Gasteiger partial charge in [0.15, 0.2) is 0 Å². The summed E-state index contributed by atoms with van der Waals surface area (Å²) in [5.41, 5.74) is 0. The number of sulfonamides is 1. The number of rotatable bonds is 2. The first kappa shape index (κ1) is 14.9. The Morgan fingerprint density at radius 2 is 2.05 bits per heavy atom. The monoisotopic (exact) mass is 297 g/mol. The number of hydrogen-bond acceptors (Lipinski definition) is 4. The van der Waals surface area contributed by atoms with Gasteiger partial charge in [-0.15, -0.1) is 0 Å². The van der Waals surface area contributed by atoms with Crippen LogP contribution in [0.4, 0.5) is 0 Å². The van der Waals surface area contributed by atoms with Gasteiger partial charge in [-0.1, -0.05) is 12.2 Å². The molecule has 1 aromatic rings. The van der Waals surface area contributed by atoms with Crippen LogP contribution < -0.4 is 9.47 Å². The fraction of sp³-hybridized carbons (Fsp3) is 0.429. The summed E-state index contributed by atoms with van der Waals surface area (Å²) in [6.45, 7) is 4.39. The fourth-order valence-electron chi connectivity index (χ4n) is 2.04. The van der Waals surface area contributed by atoms with E-state index in [4.69, 9.17) is 9.47 Å². The molecule has 0 fully saturated rings. The van der Waals surface area contributed by atoms with Crippen LogP contribution in [0.15, 0.2) is 35.2 Å². The molecule has 20 heavy (non-hydrogen) atoms. The number of fused-ring (bicyclic) bond motifs is 1. The molecule has 6 heteroatoms. The van der Waals surface area contributed by atoms with Gasteiger partial charge in [0, 0.05) is 18.7 Å². The van der Waals surface area contributed by atoms with Crippen molar-refractivity contribution in [3.8, 4) is 11.5 Å². The van der Waals surface area contributed by atoms with Crippen LogP contribution in [-0.4, -0.2) is 39.0 Å².